The number of amides is 1. The molecule has 0 aromatic heterocycles. The first kappa shape index (κ1) is 26.5. The number of aliphatic hydroxyl groups is 3. The van der Waals surface area contributed by atoms with Crippen molar-refractivity contribution < 1.29 is 34.8 Å². The van der Waals surface area contributed by atoms with Crippen molar-refractivity contribution in [3.63, 3.8) is 0 Å². The van der Waals surface area contributed by atoms with E-state index in [1.165, 1.54) is 11.0 Å². The van der Waals surface area contributed by atoms with Crippen molar-refractivity contribution in [1.82, 2.24) is 4.90 Å². The minimum atomic E-state index is -2.63. The molecule has 10 nitrogen and oxygen atoms in total. The van der Waals surface area contributed by atoms with Gasteiger partial charge in [-0.05, 0) is 57.5 Å². The Balaban J connectivity index is 0.00000342. The largest absolute Gasteiger partial charge is 0.508 e. The molecule has 1 amide bonds. The number of nitrogens with zero attached hydrogens (tertiary/aromatic N) is 2. The number of carbonyl (C=O) groups excluding carboxylic acids is 3. The highest BCUT2D eigenvalue weighted by Gasteiger charge is 2.64. The van der Waals surface area contributed by atoms with E-state index in [2.05, 4.69) is 0 Å². The molecule has 1 aromatic rings. The highest BCUT2D eigenvalue weighted by atomic mass is 35.5. The molecule has 35 heavy (non-hydrogen) atoms. The molecule has 0 saturated heterocycles. The van der Waals surface area contributed by atoms with Gasteiger partial charge in [-0.3, -0.25) is 19.3 Å². The monoisotopic (exact) mass is 507 g/mol. The van der Waals surface area contributed by atoms with Gasteiger partial charge in [0.05, 0.1) is 11.6 Å². The van der Waals surface area contributed by atoms with Crippen LogP contribution in [0.15, 0.2) is 29.0 Å². The van der Waals surface area contributed by atoms with E-state index in [9.17, 15) is 34.8 Å². The number of anilines is 1. The molecule has 0 heterocycles. The zero-order chi connectivity index (χ0) is 25.3. The number of primary amides is 1. The van der Waals surface area contributed by atoms with Crippen LogP contribution in [0.3, 0.4) is 0 Å². The number of phenols is 1. The van der Waals surface area contributed by atoms with Gasteiger partial charge in [0.1, 0.15) is 22.8 Å². The van der Waals surface area contributed by atoms with Crippen molar-refractivity contribution in [2.45, 2.75) is 31.4 Å². The molecular weight excluding hydrogens is 478 g/mol. The molecule has 0 radical (unpaired) electrons. The van der Waals surface area contributed by atoms with Crippen LogP contribution in [0.1, 0.15) is 24.5 Å². The molecule has 4 atom stereocenters. The van der Waals surface area contributed by atoms with Crippen molar-refractivity contribution >= 4 is 41.3 Å². The second kappa shape index (κ2) is 8.85. The number of Topliss-reactive ketones (excluding diaryl/α,β-unsaturated/α-hetero) is 2. The van der Waals surface area contributed by atoms with E-state index in [-0.39, 0.29) is 42.1 Å². The number of carbonyl (C=O) groups is 3. The Morgan fingerprint density at radius 2 is 1.80 bits per heavy atom. The molecule has 0 bridgehead atoms. The zero-order valence-electron chi connectivity index (χ0n) is 19.9. The van der Waals surface area contributed by atoms with Gasteiger partial charge in [0.25, 0.3) is 5.91 Å². The normalized spacial score (nSPS) is 27.8. The number of hydrogen-bond acceptors (Lipinski definition) is 9. The number of rotatable bonds is 4. The minimum Gasteiger partial charge on any atom is -0.508 e. The predicted molar refractivity (Wildman–Crippen MR) is 130 cm³/mol. The predicted octanol–water partition coefficient (Wildman–Crippen LogP) is 0.842. The van der Waals surface area contributed by atoms with Gasteiger partial charge in [0.2, 0.25) is 5.78 Å². The molecule has 0 unspecified atom stereocenters. The highest BCUT2D eigenvalue weighted by molar-refractivity contribution is 6.24. The second-order valence-electron chi connectivity index (χ2n) is 9.43. The van der Waals surface area contributed by atoms with Crippen LogP contribution in [0.2, 0.25) is 0 Å². The summed E-state index contributed by atoms with van der Waals surface area (Å²) in [6, 6.07) is 2.06. The summed E-state index contributed by atoms with van der Waals surface area (Å²) in [6.45, 7) is 2.61. The van der Waals surface area contributed by atoms with E-state index in [4.69, 9.17) is 5.73 Å². The average molecular weight is 508 g/mol. The standard InChI is InChI=1S/C24H29N3O7.ClH/c1-5-27(4)13-6-7-14(28)16-11(13)8-10-9-12-18(26(2)3)20(30)17(23(25)33)22(32)24(12,34)21(31)15(10)19(16)29;/h6-7,10,12,18,28-29,32,34H,5,8-9H2,1-4H3,(H2,25,33);1H/t10-,12-,18-,24-;/m0./s1. The van der Waals surface area contributed by atoms with Gasteiger partial charge in [0.15, 0.2) is 11.4 Å². The van der Waals surface area contributed by atoms with Crippen molar-refractivity contribution in [3.05, 3.63) is 40.2 Å². The summed E-state index contributed by atoms with van der Waals surface area (Å²) in [5.41, 5.74) is 3.23. The third-order valence-electron chi connectivity index (χ3n) is 7.47. The maximum absolute atomic E-state index is 13.7. The molecule has 3 aliphatic carbocycles. The molecule has 4 rings (SSSR count). The molecule has 1 saturated carbocycles. The van der Waals surface area contributed by atoms with Crippen LogP contribution in [0, 0.1) is 11.8 Å². The number of benzene rings is 1. The summed E-state index contributed by atoms with van der Waals surface area (Å²) in [4.78, 5) is 42.2. The number of halogens is 1. The number of hydrogen-bond donors (Lipinski definition) is 5. The Bertz CT molecular complexity index is 1190. The van der Waals surface area contributed by atoms with Crippen molar-refractivity contribution in [2.24, 2.45) is 17.6 Å². The number of likely N-dealkylation sites (N-methyl/N-ethyl adjacent to an activating group) is 1. The summed E-state index contributed by atoms with van der Waals surface area (Å²) < 4.78 is 0. The van der Waals surface area contributed by atoms with Crippen molar-refractivity contribution in [2.75, 3.05) is 32.6 Å². The smallest absolute Gasteiger partial charge is 0.255 e. The van der Waals surface area contributed by atoms with Gasteiger partial charge < -0.3 is 31.1 Å². The third-order valence-corrected chi connectivity index (χ3v) is 7.47. The van der Waals surface area contributed by atoms with Crippen LogP contribution < -0.4 is 10.6 Å². The Morgan fingerprint density at radius 3 is 2.34 bits per heavy atom. The number of aliphatic hydroxyl groups excluding tert-OH is 2. The van der Waals surface area contributed by atoms with Crippen molar-refractivity contribution in [3.8, 4) is 5.75 Å². The molecule has 3 aliphatic rings. The van der Waals surface area contributed by atoms with Gasteiger partial charge in [-0.1, -0.05) is 0 Å². The Morgan fingerprint density at radius 1 is 1.17 bits per heavy atom. The van der Waals surface area contributed by atoms with Crippen molar-refractivity contribution in [1.29, 1.82) is 0 Å². The molecule has 1 aromatic carbocycles. The van der Waals surface area contributed by atoms with E-state index in [0.717, 1.165) is 5.69 Å². The van der Waals surface area contributed by atoms with Crippen LogP contribution in [-0.4, -0.2) is 82.1 Å². The maximum Gasteiger partial charge on any atom is 0.255 e. The Labute approximate surface area is 208 Å². The molecular formula is C24H30ClN3O7. The highest BCUT2D eigenvalue weighted by Crippen LogP contribution is 2.53. The van der Waals surface area contributed by atoms with Gasteiger partial charge in [-0.15, -0.1) is 12.4 Å². The molecule has 6 N–H and O–H groups in total. The first-order valence-electron chi connectivity index (χ1n) is 11.1. The summed E-state index contributed by atoms with van der Waals surface area (Å²) in [7, 11) is 5.00. The second-order valence-corrected chi connectivity index (χ2v) is 9.43. The number of fused-ring (bicyclic) bond motifs is 3. The average Bonchev–Trinajstić information content (AvgIpc) is 2.75. The van der Waals surface area contributed by atoms with Crippen LogP contribution in [0.4, 0.5) is 5.69 Å². The summed E-state index contributed by atoms with van der Waals surface area (Å²) >= 11 is 0. The fourth-order valence-corrected chi connectivity index (χ4v) is 5.76. The third kappa shape index (κ3) is 3.50. The molecule has 11 heteroatoms. The topological polar surface area (TPSA) is 165 Å². The van der Waals surface area contributed by atoms with E-state index >= 15 is 0 Å². The maximum atomic E-state index is 13.7. The quantitative estimate of drug-likeness (QED) is 0.371. The van der Waals surface area contributed by atoms with Crippen LogP contribution in [0.5, 0.6) is 5.75 Å². The fraction of sp³-hybridized carbons (Fsp3) is 0.458. The van der Waals surface area contributed by atoms with Gasteiger partial charge in [0, 0.05) is 30.8 Å². The van der Waals surface area contributed by atoms with Crippen LogP contribution in [0.25, 0.3) is 5.76 Å². The van der Waals surface area contributed by atoms with E-state index in [0.29, 0.717) is 12.1 Å². The van der Waals surface area contributed by atoms with Crippen LogP contribution in [-0.2, 0) is 20.8 Å². The van der Waals surface area contributed by atoms with E-state index in [1.54, 1.807) is 20.2 Å². The first-order valence-corrected chi connectivity index (χ1v) is 11.1. The van der Waals surface area contributed by atoms with Gasteiger partial charge in [-0.2, -0.15) is 0 Å². The minimum absolute atomic E-state index is 0. The molecule has 1 fully saturated rings. The molecule has 190 valence electrons. The summed E-state index contributed by atoms with van der Waals surface area (Å²) in [5.74, 6) is -6.52. The molecule has 0 spiro atoms. The zero-order valence-corrected chi connectivity index (χ0v) is 20.7. The Kier molecular flexibility index (Phi) is 6.71. The SMILES string of the molecule is CCN(C)c1ccc(O)c2c1C[C@H]1C[C@H]3[C@H](N(C)C)C(=O)C(C(N)=O)=C(O)[C@@]3(O)C(=O)C1=C2O.Cl. The number of ketones is 2. The fourth-order valence-electron chi connectivity index (χ4n) is 5.76. The first-order chi connectivity index (χ1) is 15.9. The Hall–Kier alpha value is -3.08. The van der Waals surface area contributed by atoms with Gasteiger partial charge >= 0.3 is 0 Å². The van der Waals surface area contributed by atoms with E-state index < -0.39 is 58.0 Å². The van der Waals surface area contributed by atoms with E-state index in [1.807, 2.05) is 18.9 Å². The lowest BCUT2D eigenvalue weighted by molar-refractivity contribution is -0.153. The lowest BCUT2D eigenvalue weighted by atomic mass is 9.57. The molecule has 0 aliphatic heterocycles. The lowest BCUT2D eigenvalue weighted by Crippen LogP contribution is -2.65. The lowest BCUT2D eigenvalue weighted by Gasteiger charge is -2.50. The number of aromatic hydroxyl groups is 1. The number of nitrogens with two attached hydrogens (primary N) is 1. The summed E-state index contributed by atoms with van der Waals surface area (Å²) in [6.07, 6.45) is 0.333. The van der Waals surface area contributed by atoms with Gasteiger partial charge in [-0.25, -0.2) is 0 Å². The summed E-state index contributed by atoms with van der Waals surface area (Å²) in [5, 5.41) is 44.1. The van der Waals surface area contributed by atoms with Crippen LogP contribution >= 0.6 is 12.4 Å². The number of phenolic OH excluding ortho intramolecular Hbond substituents is 1.